The number of nitrogens with zero attached hydrogens (tertiary/aromatic N) is 5. The molecule has 8 nitrogen and oxygen atoms in total. The predicted octanol–water partition coefficient (Wildman–Crippen LogP) is 3.15. The molecule has 5 aromatic rings. The maximum atomic E-state index is 13.4. The lowest BCUT2D eigenvalue weighted by Gasteiger charge is -2.10. The highest BCUT2D eigenvalue weighted by Crippen LogP contribution is 2.28. The molecule has 0 amide bonds. The van der Waals surface area contributed by atoms with Gasteiger partial charge >= 0.3 is 5.69 Å². The summed E-state index contributed by atoms with van der Waals surface area (Å²) in [4.78, 5) is 31.1. The minimum absolute atomic E-state index is 0.187. The van der Waals surface area contributed by atoms with Crippen molar-refractivity contribution in [2.24, 2.45) is 7.05 Å². The first-order valence-corrected chi connectivity index (χ1v) is 10.9. The van der Waals surface area contributed by atoms with E-state index in [1.165, 1.54) is 9.13 Å². The number of fused-ring (bicyclic) bond motifs is 3. The van der Waals surface area contributed by atoms with E-state index in [9.17, 15) is 9.59 Å². The summed E-state index contributed by atoms with van der Waals surface area (Å²) >= 11 is 0. The summed E-state index contributed by atoms with van der Waals surface area (Å²) in [6, 6.07) is 18.1. The molecule has 0 unspecified atom stereocenters. The number of aryl methyl sites for hydroxylation is 2. The molecule has 0 spiro atoms. The number of ether oxygens (including phenoxy) is 1. The topological polar surface area (TPSA) is 75.5 Å². The van der Waals surface area contributed by atoms with E-state index in [0.29, 0.717) is 30.2 Å². The van der Waals surface area contributed by atoms with Gasteiger partial charge in [-0.05, 0) is 26.0 Å². The first-order chi connectivity index (χ1) is 16.0. The van der Waals surface area contributed by atoms with Gasteiger partial charge in [0.25, 0.3) is 5.56 Å². The van der Waals surface area contributed by atoms with Crippen molar-refractivity contribution < 1.29 is 4.74 Å². The zero-order valence-electron chi connectivity index (χ0n) is 18.9. The van der Waals surface area contributed by atoms with Gasteiger partial charge in [-0.15, -0.1) is 0 Å². The molecule has 3 aromatic heterocycles. The molecule has 0 atom stereocenters. The molecule has 8 heteroatoms. The van der Waals surface area contributed by atoms with Gasteiger partial charge in [0.2, 0.25) is 5.78 Å². The van der Waals surface area contributed by atoms with Gasteiger partial charge in [0, 0.05) is 31.1 Å². The van der Waals surface area contributed by atoms with Gasteiger partial charge in [-0.1, -0.05) is 48.0 Å². The van der Waals surface area contributed by atoms with Crippen molar-refractivity contribution in [3.05, 3.63) is 87.2 Å². The van der Waals surface area contributed by atoms with Crippen LogP contribution >= 0.6 is 0 Å². The van der Waals surface area contributed by atoms with Crippen LogP contribution in [0.2, 0.25) is 0 Å². The maximum Gasteiger partial charge on any atom is 0.332 e. The Morgan fingerprint density at radius 1 is 1.00 bits per heavy atom. The fraction of sp³-hybridized carbons (Fsp3) is 0.240. The molecule has 0 saturated heterocycles. The van der Waals surface area contributed by atoms with Gasteiger partial charge in [0.15, 0.2) is 11.2 Å². The highest BCUT2D eigenvalue weighted by molar-refractivity contribution is 5.79. The van der Waals surface area contributed by atoms with Gasteiger partial charge in [0.05, 0.1) is 18.8 Å². The Hall–Kier alpha value is -3.91. The number of hydrogen-bond donors (Lipinski definition) is 0. The SMILES string of the molecule is CCOCCn1c(=O)c2c(nc3n(-c4ccc(C)cc4)c(-c4ccccc4)cn23)n(C)c1=O. The molecular formula is C25H25N5O3. The van der Waals surface area contributed by atoms with E-state index in [0.717, 1.165) is 22.5 Å². The van der Waals surface area contributed by atoms with Gasteiger partial charge in [-0.25, -0.2) is 4.79 Å². The molecule has 0 aliphatic heterocycles. The zero-order chi connectivity index (χ0) is 23.1. The summed E-state index contributed by atoms with van der Waals surface area (Å²) in [5.74, 6) is 0.572. The summed E-state index contributed by atoms with van der Waals surface area (Å²) in [7, 11) is 1.64. The predicted molar refractivity (Wildman–Crippen MR) is 128 cm³/mol. The van der Waals surface area contributed by atoms with Crippen LogP contribution in [-0.4, -0.2) is 36.3 Å². The minimum atomic E-state index is -0.405. The Bertz CT molecular complexity index is 1570. The highest BCUT2D eigenvalue weighted by atomic mass is 16.5. The fourth-order valence-corrected chi connectivity index (χ4v) is 4.15. The molecule has 5 rings (SSSR count). The van der Waals surface area contributed by atoms with Crippen molar-refractivity contribution >= 4 is 16.9 Å². The van der Waals surface area contributed by atoms with Crippen LogP contribution in [0.15, 0.2) is 70.4 Å². The fourth-order valence-electron chi connectivity index (χ4n) is 4.15. The Labute approximate surface area is 189 Å². The van der Waals surface area contributed by atoms with E-state index >= 15 is 0 Å². The van der Waals surface area contributed by atoms with Crippen LogP contribution < -0.4 is 11.2 Å². The Balaban J connectivity index is 1.85. The normalized spacial score (nSPS) is 11.6. The summed E-state index contributed by atoms with van der Waals surface area (Å²) in [5.41, 5.74) is 3.91. The average molecular weight is 444 g/mol. The van der Waals surface area contributed by atoms with Gasteiger partial charge in [-0.3, -0.25) is 22.9 Å². The lowest BCUT2D eigenvalue weighted by atomic mass is 10.1. The monoisotopic (exact) mass is 443 g/mol. The van der Waals surface area contributed by atoms with Gasteiger partial charge in [-0.2, -0.15) is 4.98 Å². The Kier molecular flexibility index (Phi) is 5.22. The maximum absolute atomic E-state index is 13.4. The lowest BCUT2D eigenvalue weighted by Crippen LogP contribution is -2.40. The second-order valence-corrected chi connectivity index (χ2v) is 8.00. The van der Waals surface area contributed by atoms with E-state index in [1.54, 1.807) is 11.4 Å². The van der Waals surface area contributed by atoms with Crippen LogP contribution in [0.25, 0.3) is 33.9 Å². The van der Waals surface area contributed by atoms with E-state index in [1.807, 2.05) is 79.2 Å². The minimum Gasteiger partial charge on any atom is -0.380 e. The van der Waals surface area contributed by atoms with Crippen molar-refractivity contribution in [1.82, 2.24) is 23.1 Å². The second kappa shape index (κ2) is 8.22. The van der Waals surface area contributed by atoms with Crippen molar-refractivity contribution in [3.8, 4) is 16.9 Å². The molecule has 168 valence electrons. The number of benzene rings is 2. The summed E-state index contributed by atoms with van der Waals surface area (Å²) in [5, 5.41) is 0. The molecule has 0 N–H and O–H groups in total. The lowest BCUT2D eigenvalue weighted by molar-refractivity contribution is 0.137. The third kappa shape index (κ3) is 3.39. The first kappa shape index (κ1) is 21.0. The standard InChI is InChI=1S/C25H25N5O3/c1-4-33-15-14-28-23(31)21-22(27(3)25(28)32)26-24-29(21)16-20(18-8-6-5-7-9-18)30(24)19-12-10-17(2)11-13-19/h5-13,16H,4,14-15H2,1-3H3. The van der Waals surface area contributed by atoms with Crippen molar-refractivity contribution in [1.29, 1.82) is 0 Å². The highest BCUT2D eigenvalue weighted by Gasteiger charge is 2.22. The average Bonchev–Trinajstić information content (AvgIpc) is 3.38. The van der Waals surface area contributed by atoms with E-state index in [2.05, 4.69) is 0 Å². The van der Waals surface area contributed by atoms with Crippen LogP contribution in [0.1, 0.15) is 12.5 Å². The largest absolute Gasteiger partial charge is 0.380 e. The van der Waals surface area contributed by atoms with Gasteiger partial charge < -0.3 is 4.74 Å². The van der Waals surface area contributed by atoms with Crippen LogP contribution in [0, 0.1) is 6.92 Å². The van der Waals surface area contributed by atoms with Crippen LogP contribution in [0.3, 0.4) is 0 Å². The van der Waals surface area contributed by atoms with Gasteiger partial charge in [0.1, 0.15) is 0 Å². The molecule has 0 saturated carbocycles. The smallest absolute Gasteiger partial charge is 0.332 e. The number of imidazole rings is 2. The third-order valence-corrected chi connectivity index (χ3v) is 5.87. The molecule has 33 heavy (non-hydrogen) atoms. The van der Waals surface area contributed by atoms with Crippen molar-refractivity contribution in [3.63, 3.8) is 0 Å². The van der Waals surface area contributed by atoms with E-state index in [4.69, 9.17) is 9.72 Å². The molecule has 2 aromatic carbocycles. The first-order valence-electron chi connectivity index (χ1n) is 10.9. The second-order valence-electron chi connectivity index (χ2n) is 8.00. The zero-order valence-corrected chi connectivity index (χ0v) is 18.9. The number of aromatic nitrogens is 5. The number of rotatable bonds is 6. The summed E-state index contributed by atoms with van der Waals surface area (Å²) in [6.45, 7) is 4.92. The molecular weight excluding hydrogens is 418 g/mol. The summed E-state index contributed by atoms with van der Waals surface area (Å²) in [6.07, 6.45) is 1.92. The quantitative estimate of drug-likeness (QED) is 0.378. The van der Waals surface area contributed by atoms with Crippen LogP contribution in [-0.2, 0) is 18.3 Å². The molecule has 0 bridgehead atoms. The molecule has 3 heterocycles. The molecule has 0 fully saturated rings. The Morgan fingerprint density at radius 2 is 1.73 bits per heavy atom. The third-order valence-electron chi connectivity index (χ3n) is 5.87. The van der Waals surface area contributed by atoms with E-state index < -0.39 is 5.69 Å². The summed E-state index contributed by atoms with van der Waals surface area (Å²) < 4.78 is 11.8. The van der Waals surface area contributed by atoms with Crippen molar-refractivity contribution in [2.75, 3.05) is 13.2 Å². The van der Waals surface area contributed by atoms with Crippen molar-refractivity contribution in [2.45, 2.75) is 20.4 Å². The molecule has 0 aliphatic carbocycles. The Morgan fingerprint density at radius 3 is 2.42 bits per heavy atom. The van der Waals surface area contributed by atoms with E-state index in [-0.39, 0.29) is 12.1 Å². The molecule has 0 aliphatic rings. The van der Waals surface area contributed by atoms with Crippen LogP contribution in [0.4, 0.5) is 0 Å². The van der Waals surface area contributed by atoms with Crippen LogP contribution in [0.5, 0.6) is 0 Å². The number of hydrogen-bond acceptors (Lipinski definition) is 4. The molecule has 0 radical (unpaired) electrons.